The highest BCUT2D eigenvalue weighted by Crippen LogP contribution is 2.19. The maximum Gasteiger partial charge on any atom is 0.329 e. The van der Waals surface area contributed by atoms with Crippen molar-refractivity contribution in [1.82, 2.24) is 5.16 Å². The van der Waals surface area contributed by atoms with Gasteiger partial charge in [0.25, 0.3) is 0 Å². The molecular weight excluding hydrogens is 198 g/mol. The van der Waals surface area contributed by atoms with E-state index < -0.39 is 0 Å². The average Bonchev–Trinajstić information content (AvgIpc) is 2.49. The molecule has 0 unspecified atom stereocenters. The Hall–Kier alpha value is -1.01. The van der Waals surface area contributed by atoms with E-state index >= 15 is 0 Å². The van der Waals surface area contributed by atoms with Gasteiger partial charge in [0.05, 0.1) is 18.4 Å². The van der Waals surface area contributed by atoms with Crippen molar-refractivity contribution < 1.29 is 14.3 Å². The summed E-state index contributed by atoms with van der Waals surface area (Å²) in [5.74, 6) is 0.389. The van der Waals surface area contributed by atoms with Crippen LogP contribution in [0.25, 0.3) is 0 Å². The molecule has 0 atom stereocenters. The highest BCUT2D eigenvalue weighted by molar-refractivity contribution is 6.30. The maximum atomic E-state index is 10.8. The molecule has 13 heavy (non-hydrogen) atoms. The molecular formula is C6H8ClN3O3. The molecule has 7 heteroatoms. The fourth-order valence-corrected chi connectivity index (χ4v) is 1.38. The summed E-state index contributed by atoms with van der Waals surface area (Å²) in [6.45, 7) is 2.57. The fourth-order valence-electron chi connectivity index (χ4n) is 1.19. The number of hydrogen-bond acceptors (Lipinski definition) is 5. The van der Waals surface area contributed by atoms with Crippen molar-refractivity contribution in [3.63, 3.8) is 0 Å². The summed E-state index contributed by atoms with van der Waals surface area (Å²) in [6.07, 6.45) is 0. The number of hydrogen-bond donors (Lipinski definition) is 0. The Morgan fingerprint density at radius 2 is 2.15 bits per heavy atom. The molecule has 72 valence electrons. The minimum absolute atomic E-state index is 0.0260. The van der Waals surface area contributed by atoms with Gasteiger partial charge in [-0.1, -0.05) is 0 Å². The molecule has 0 N–H and O–H groups in total. The number of morpholine rings is 1. The predicted molar refractivity (Wildman–Crippen MR) is 43.5 cm³/mol. The second-order valence-corrected chi connectivity index (χ2v) is 3.00. The van der Waals surface area contributed by atoms with Gasteiger partial charge >= 0.3 is 11.0 Å². The van der Waals surface area contributed by atoms with Gasteiger partial charge in [-0.15, -0.1) is 0 Å². The van der Waals surface area contributed by atoms with Gasteiger partial charge in [-0.3, -0.25) is 4.63 Å². The first-order chi connectivity index (χ1) is 6.29. The van der Waals surface area contributed by atoms with E-state index in [0.29, 0.717) is 32.1 Å². The molecule has 1 aromatic rings. The topological polar surface area (TPSA) is 65.4 Å². The zero-order valence-corrected chi connectivity index (χ0v) is 7.53. The van der Waals surface area contributed by atoms with Crippen LogP contribution in [0.1, 0.15) is 0 Å². The molecule has 0 saturated carbocycles. The summed E-state index contributed by atoms with van der Waals surface area (Å²) in [5, 5.41) is 14.3. The van der Waals surface area contributed by atoms with Crippen LogP contribution in [0.15, 0.2) is 4.63 Å². The molecule has 0 bridgehead atoms. The average molecular weight is 206 g/mol. The van der Waals surface area contributed by atoms with Crippen molar-refractivity contribution in [2.45, 2.75) is 0 Å². The molecule has 6 nitrogen and oxygen atoms in total. The Kier molecular flexibility index (Phi) is 2.24. The van der Waals surface area contributed by atoms with Gasteiger partial charge in [-0.25, -0.2) is 0 Å². The lowest BCUT2D eigenvalue weighted by molar-refractivity contribution is -0.800. The SMILES string of the molecule is [O-][n+]1onc(N2CCOCC2)c1Cl. The number of anilines is 1. The highest BCUT2D eigenvalue weighted by Gasteiger charge is 2.24. The zero-order valence-electron chi connectivity index (χ0n) is 6.77. The second-order valence-electron chi connectivity index (χ2n) is 2.64. The van der Waals surface area contributed by atoms with E-state index in [0.717, 1.165) is 0 Å². The number of aromatic nitrogens is 2. The molecule has 1 aliphatic rings. The van der Waals surface area contributed by atoms with Crippen LogP contribution in [-0.2, 0) is 4.74 Å². The van der Waals surface area contributed by atoms with Crippen molar-refractivity contribution >= 4 is 17.4 Å². The molecule has 0 amide bonds. The van der Waals surface area contributed by atoms with E-state index in [4.69, 9.17) is 16.3 Å². The van der Waals surface area contributed by atoms with Crippen molar-refractivity contribution in [2.75, 3.05) is 31.2 Å². The van der Waals surface area contributed by atoms with Crippen LogP contribution in [0.4, 0.5) is 5.82 Å². The molecule has 1 aliphatic heterocycles. The highest BCUT2D eigenvalue weighted by atomic mass is 35.5. The van der Waals surface area contributed by atoms with Crippen LogP contribution < -0.4 is 9.80 Å². The van der Waals surface area contributed by atoms with Crippen LogP contribution >= 0.6 is 11.6 Å². The fraction of sp³-hybridized carbons (Fsp3) is 0.667. The first-order valence-electron chi connectivity index (χ1n) is 3.87. The summed E-state index contributed by atoms with van der Waals surface area (Å²) in [4.78, 5) is 2.04. The smallest absolute Gasteiger partial charge is 0.329 e. The largest absolute Gasteiger partial charge is 0.378 e. The van der Waals surface area contributed by atoms with Crippen LogP contribution in [0.5, 0.6) is 0 Å². The van der Waals surface area contributed by atoms with E-state index in [1.165, 1.54) is 0 Å². The lowest BCUT2D eigenvalue weighted by Gasteiger charge is -2.23. The molecule has 0 aliphatic carbocycles. The normalized spacial score (nSPS) is 17.8. The maximum absolute atomic E-state index is 10.8. The van der Waals surface area contributed by atoms with Crippen LogP contribution in [0.3, 0.4) is 0 Å². The minimum atomic E-state index is -0.0260. The third-order valence-electron chi connectivity index (χ3n) is 1.86. The van der Waals surface area contributed by atoms with Crippen molar-refractivity contribution in [3.05, 3.63) is 10.4 Å². The summed E-state index contributed by atoms with van der Waals surface area (Å²) in [5.41, 5.74) is 0. The Labute approximate surface area is 79.2 Å². The van der Waals surface area contributed by atoms with Gasteiger partial charge in [0.15, 0.2) is 0 Å². The van der Waals surface area contributed by atoms with E-state index in [9.17, 15) is 5.21 Å². The van der Waals surface area contributed by atoms with Gasteiger partial charge in [-0.05, 0) is 16.5 Å². The standard InChI is InChI=1S/C6H8ClN3O3/c7-5-6(8-13-10(5)11)9-1-3-12-4-2-9/h1-4H2. The molecule has 1 fully saturated rings. The number of halogens is 1. The molecule has 2 heterocycles. The molecule has 0 aromatic carbocycles. The first kappa shape index (κ1) is 8.58. The first-order valence-corrected chi connectivity index (χ1v) is 4.25. The number of nitrogens with zero attached hydrogens (tertiary/aromatic N) is 3. The Balaban J connectivity index is 2.18. The van der Waals surface area contributed by atoms with E-state index in [2.05, 4.69) is 9.79 Å². The molecule has 0 radical (unpaired) electrons. The summed E-state index contributed by atoms with van der Waals surface area (Å²) in [6, 6.07) is 0. The zero-order chi connectivity index (χ0) is 9.26. The Morgan fingerprint density at radius 1 is 1.46 bits per heavy atom. The van der Waals surface area contributed by atoms with Gasteiger partial charge < -0.3 is 14.8 Å². The molecule has 1 saturated heterocycles. The van der Waals surface area contributed by atoms with Crippen molar-refractivity contribution in [2.24, 2.45) is 0 Å². The van der Waals surface area contributed by atoms with Crippen LogP contribution in [0, 0.1) is 5.21 Å². The summed E-state index contributed by atoms with van der Waals surface area (Å²) >= 11 is 5.65. The quantitative estimate of drug-likeness (QED) is 0.594. The van der Waals surface area contributed by atoms with Crippen LogP contribution in [-0.4, -0.2) is 31.5 Å². The second kappa shape index (κ2) is 3.39. The lowest BCUT2D eigenvalue weighted by Crippen LogP contribution is -2.37. The molecule has 1 aromatic heterocycles. The molecule has 0 spiro atoms. The van der Waals surface area contributed by atoms with E-state index in [-0.39, 0.29) is 10.1 Å². The lowest BCUT2D eigenvalue weighted by atomic mass is 10.4. The Bertz CT molecular complexity index is 297. The van der Waals surface area contributed by atoms with Crippen LogP contribution in [0.2, 0.25) is 5.15 Å². The predicted octanol–water partition coefficient (Wildman–Crippen LogP) is -0.202. The van der Waals surface area contributed by atoms with Gasteiger partial charge in [0.1, 0.15) is 0 Å². The van der Waals surface area contributed by atoms with Gasteiger partial charge in [0.2, 0.25) is 0 Å². The molecule has 2 rings (SSSR count). The van der Waals surface area contributed by atoms with Crippen molar-refractivity contribution in [3.8, 4) is 0 Å². The van der Waals surface area contributed by atoms with Gasteiger partial charge in [0, 0.05) is 13.1 Å². The number of ether oxygens (including phenoxy) is 1. The monoisotopic (exact) mass is 205 g/mol. The van der Waals surface area contributed by atoms with Gasteiger partial charge in [-0.2, -0.15) is 0 Å². The summed E-state index contributed by atoms with van der Waals surface area (Å²) in [7, 11) is 0. The van der Waals surface area contributed by atoms with E-state index in [1.54, 1.807) is 0 Å². The third kappa shape index (κ3) is 1.54. The third-order valence-corrected chi connectivity index (χ3v) is 2.16. The van der Waals surface area contributed by atoms with E-state index in [1.807, 2.05) is 4.90 Å². The Morgan fingerprint density at radius 3 is 2.69 bits per heavy atom. The minimum Gasteiger partial charge on any atom is -0.378 e. The number of rotatable bonds is 1. The summed E-state index contributed by atoms with van der Waals surface area (Å²) < 4.78 is 9.48. The van der Waals surface area contributed by atoms with Crippen molar-refractivity contribution in [1.29, 1.82) is 0 Å².